The van der Waals surface area contributed by atoms with E-state index in [-0.39, 0.29) is 5.54 Å². The van der Waals surface area contributed by atoms with Gasteiger partial charge < -0.3 is 5.32 Å². The van der Waals surface area contributed by atoms with Crippen molar-refractivity contribution in [2.75, 3.05) is 7.05 Å². The molecule has 0 aliphatic rings. The van der Waals surface area contributed by atoms with Crippen LogP contribution in [0.15, 0.2) is 0 Å². The molecule has 0 saturated heterocycles. The van der Waals surface area contributed by atoms with E-state index < -0.39 is 0 Å². The second-order valence-electron chi connectivity index (χ2n) is 6.19. The summed E-state index contributed by atoms with van der Waals surface area (Å²) in [5.74, 6) is 1.33. The zero-order valence-electron chi connectivity index (χ0n) is 12.9. The Morgan fingerprint density at radius 3 is 1.89 bits per heavy atom. The molecule has 0 saturated carbocycles. The maximum atomic E-state index is 4.82. The molecular formula is C15H28N2S. The van der Waals surface area contributed by atoms with E-state index >= 15 is 0 Å². The Kier molecular flexibility index (Phi) is 5.35. The fourth-order valence-electron chi connectivity index (χ4n) is 2.64. The van der Waals surface area contributed by atoms with Gasteiger partial charge in [-0.3, -0.25) is 0 Å². The van der Waals surface area contributed by atoms with Gasteiger partial charge >= 0.3 is 0 Å². The van der Waals surface area contributed by atoms with Crippen LogP contribution in [0.25, 0.3) is 0 Å². The molecule has 0 radical (unpaired) electrons. The van der Waals surface area contributed by atoms with Crippen molar-refractivity contribution in [3.8, 4) is 0 Å². The quantitative estimate of drug-likeness (QED) is 0.833. The van der Waals surface area contributed by atoms with E-state index in [2.05, 4.69) is 53.9 Å². The molecule has 0 fully saturated rings. The highest BCUT2D eigenvalue weighted by Gasteiger charge is 2.35. The van der Waals surface area contributed by atoms with E-state index in [4.69, 9.17) is 4.98 Å². The van der Waals surface area contributed by atoms with Crippen LogP contribution in [0.3, 0.4) is 0 Å². The van der Waals surface area contributed by atoms with Crippen LogP contribution >= 0.6 is 11.3 Å². The first-order valence-corrected chi connectivity index (χ1v) is 7.75. The Morgan fingerprint density at radius 1 is 1.11 bits per heavy atom. The smallest absolute Gasteiger partial charge is 0.113 e. The van der Waals surface area contributed by atoms with Crippen LogP contribution in [0.2, 0.25) is 0 Å². The van der Waals surface area contributed by atoms with Gasteiger partial charge in [0.1, 0.15) is 5.01 Å². The first kappa shape index (κ1) is 15.6. The van der Waals surface area contributed by atoms with Crippen molar-refractivity contribution in [1.82, 2.24) is 10.3 Å². The summed E-state index contributed by atoms with van der Waals surface area (Å²) in [7, 11) is 2.08. The molecule has 1 aromatic heterocycles. The SMILES string of the molecule is CNC(CC(C)C)(CC(C)C)c1nc(C)c(C)s1. The lowest BCUT2D eigenvalue weighted by Gasteiger charge is -2.35. The largest absolute Gasteiger partial charge is 0.308 e. The molecule has 1 aromatic rings. The van der Waals surface area contributed by atoms with Gasteiger partial charge in [0.05, 0.1) is 11.2 Å². The van der Waals surface area contributed by atoms with E-state index in [1.807, 2.05) is 11.3 Å². The summed E-state index contributed by atoms with van der Waals surface area (Å²) in [5.41, 5.74) is 1.23. The highest BCUT2D eigenvalue weighted by molar-refractivity contribution is 7.11. The van der Waals surface area contributed by atoms with Crippen LogP contribution in [0.4, 0.5) is 0 Å². The zero-order valence-corrected chi connectivity index (χ0v) is 13.7. The van der Waals surface area contributed by atoms with Gasteiger partial charge in [0.25, 0.3) is 0 Å². The van der Waals surface area contributed by atoms with Crippen molar-refractivity contribution in [3.05, 3.63) is 15.6 Å². The number of nitrogens with zero attached hydrogens (tertiary/aromatic N) is 1. The summed E-state index contributed by atoms with van der Waals surface area (Å²) in [6, 6.07) is 0. The molecule has 3 heteroatoms. The van der Waals surface area contributed by atoms with Gasteiger partial charge in [-0.1, -0.05) is 27.7 Å². The Morgan fingerprint density at radius 2 is 1.61 bits per heavy atom. The van der Waals surface area contributed by atoms with E-state index in [0.29, 0.717) is 11.8 Å². The predicted molar refractivity (Wildman–Crippen MR) is 81.2 cm³/mol. The molecule has 104 valence electrons. The Labute approximate surface area is 116 Å². The minimum atomic E-state index is 0.0476. The standard InChI is InChI=1S/C15H28N2S/c1-10(2)8-15(16-7,9-11(3)4)14-17-12(5)13(6)18-14/h10-11,16H,8-9H2,1-7H3. The molecule has 0 unspecified atom stereocenters. The minimum absolute atomic E-state index is 0.0476. The summed E-state index contributed by atoms with van der Waals surface area (Å²) < 4.78 is 0. The average Bonchev–Trinajstić information content (AvgIpc) is 2.57. The van der Waals surface area contributed by atoms with Crippen molar-refractivity contribution < 1.29 is 0 Å². The molecule has 0 aliphatic heterocycles. The first-order valence-electron chi connectivity index (χ1n) is 6.94. The number of aryl methyl sites for hydroxylation is 2. The van der Waals surface area contributed by atoms with Crippen molar-refractivity contribution in [2.24, 2.45) is 11.8 Å². The lowest BCUT2D eigenvalue weighted by atomic mass is 9.82. The average molecular weight is 268 g/mol. The monoisotopic (exact) mass is 268 g/mol. The van der Waals surface area contributed by atoms with Gasteiger partial charge in [-0.15, -0.1) is 11.3 Å². The Balaban J connectivity index is 3.15. The minimum Gasteiger partial charge on any atom is -0.308 e. The van der Waals surface area contributed by atoms with Crippen LogP contribution in [0, 0.1) is 25.7 Å². The van der Waals surface area contributed by atoms with Crippen LogP contribution in [0.5, 0.6) is 0 Å². The van der Waals surface area contributed by atoms with E-state index in [9.17, 15) is 0 Å². The molecule has 1 heterocycles. The third kappa shape index (κ3) is 3.55. The zero-order chi connectivity index (χ0) is 13.9. The molecule has 0 atom stereocenters. The van der Waals surface area contributed by atoms with Crippen molar-refractivity contribution in [2.45, 2.75) is 59.9 Å². The molecule has 2 nitrogen and oxygen atoms in total. The molecule has 0 amide bonds. The second-order valence-corrected chi connectivity index (χ2v) is 7.39. The number of hydrogen-bond acceptors (Lipinski definition) is 3. The van der Waals surface area contributed by atoms with E-state index in [1.165, 1.54) is 15.6 Å². The molecule has 1 rings (SSSR count). The lowest BCUT2D eigenvalue weighted by molar-refractivity contribution is 0.239. The summed E-state index contributed by atoms with van der Waals surface area (Å²) in [6.07, 6.45) is 2.29. The maximum Gasteiger partial charge on any atom is 0.113 e. The highest BCUT2D eigenvalue weighted by atomic mass is 32.1. The Hall–Kier alpha value is -0.410. The number of rotatable bonds is 6. The van der Waals surface area contributed by atoms with Gasteiger partial charge in [0, 0.05) is 4.88 Å². The van der Waals surface area contributed by atoms with E-state index in [1.54, 1.807) is 0 Å². The lowest BCUT2D eigenvalue weighted by Crippen LogP contribution is -2.42. The molecule has 0 aromatic carbocycles. The molecule has 0 spiro atoms. The van der Waals surface area contributed by atoms with Crippen molar-refractivity contribution >= 4 is 11.3 Å². The fraction of sp³-hybridized carbons (Fsp3) is 0.800. The van der Waals surface area contributed by atoms with Gasteiger partial charge in [0.15, 0.2) is 0 Å². The number of aromatic nitrogens is 1. The molecule has 0 aliphatic carbocycles. The highest BCUT2D eigenvalue weighted by Crippen LogP contribution is 2.37. The topological polar surface area (TPSA) is 24.9 Å². The third-order valence-electron chi connectivity index (χ3n) is 3.43. The normalized spacial score (nSPS) is 12.7. The number of hydrogen-bond donors (Lipinski definition) is 1. The molecule has 18 heavy (non-hydrogen) atoms. The van der Waals surface area contributed by atoms with Crippen molar-refractivity contribution in [3.63, 3.8) is 0 Å². The van der Waals surface area contributed by atoms with Crippen LogP contribution < -0.4 is 5.32 Å². The Bertz CT molecular complexity index is 350. The maximum absolute atomic E-state index is 4.82. The fourth-order valence-corrected chi connectivity index (χ4v) is 3.77. The van der Waals surface area contributed by atoms with Crippen molar-refractivity contribution in [1.29, 1.82) is 0 Å². The van der Waals surface area contributed by atoms with E-state index in [0.717, 1.165) is 12.8 Å². The van der Waals surface area contributed by atoms with Crippen LogP contribution in [-0.4, -0.2) is 12.0 Å². The first-order chi connectivity index (χ1) is 8.30. The molecular weight excluding hydrogens is 240 g/mol. The summed E-state index contributed by atoms with van der Waals surface area (Å²) >= 11 is 1.86. The molecule has 0 bridgehead atoms. The van der Waals surface area contributed by atoms with Gasteiger partial charge in [-0.25, -0.2) is 4.98 Å². The van der Waals surface area contributed by atoms with Crippen LogP contribution in [0.1, 0.15) is 56.1 Å². The van der Waals surface area contributed by atoms with Crippen LogP contribution in [-0.2, 0) is 5.54 Å². The summed E-state index contributed by atoms with van der Waals surface area (Å²) in [5, 5.41) is 4.85. The predicted octanol–water partition coefficient (Wildman–Crippen LogP) is 4.27. The number of thiazole rings is 1. The summed E-state index contributed by atoms with van der Waals surface area (Å²) in [4.78, 5) is 6.16. The molecule has 1 N–H and O–H groups in total. The second kappa shape index (κ2) is 6.16. The van der Waals surface area contributed by atoms with Gasteiger partial charge in [0.2, 0.25) is 0 Å². The summed E-state index contributed by atoms with van der Waals surface area (Å²) in [6.45, 7) is 13.4. The number of nitrogens with one attached hydrogen (secondary N) is 1. The third-order valence-corrected chi connectivity index (χ3v) is 4.71. The van der Waals surface area contributed by atoms with Gasteiger partial charge in [-0.2, -0.15) is 0 Å². The van der Waals surface area contributed by atoms with Gasteiger partial charge in [-0.05, 0) is 45.6 Å².